The molecule has 0 saturated carbocycles. The van der Waals surface area contributed by atoms with Crippen molar-refractivity contribution < 1.29 is 14.3 Å². The van der Waals surface area contributed by atoms with Crippen molar-refractivity contribution in [2.75, 3.05) is 67.6 Å². The summed E-state index contributed by atoms with van der Waals surface area (Å²) in [5.74, 6) is 4.33. The lowest BCUT2D eigenvalue weighted by Gasteiger charge is -2.46. The quantitative estimate of drug-likeness (QED) is 0.506. The van der Waals surface area contributed by atoms with Crippen LogP contribution in [0.3, 0.4) is 0 Å². The molecule has 3 fully saturated rings. The number of carbonyl (C=O) groups is 1. The summed E-state index contributed by atoms with van der Waals surface area (Å²) >= 11 is 1.95. The molecule has 0 spiro atoms. The number of thioether (sulfide) groups is 1. The fraction of sp³-hybridized carbons (Fsp3) is 0.667. The van der Waals surface area contributed by atoms with Crippen molar-refractivity contribution in [3.05, 3.63) is 29.3 Å². The summed E-state index contributed by atoms with van der Waals surface area (Å²) in [4.78, 5) is 37.4. The Labute approximate surface area is 247 Å². The van der Waals surface area contributed by atoms with Crippen molar-refractivity contribution in [2.45, 2.75) is 71.1 Å². The molecule has 0 radical (unpaired) electrons. The van der Waals surface area contributed by atoms with E-state index in [1.807, 2.05) is 52.4 Å². The summed E-state index contributed by atoms with van der Waals surface area (Å²) in [7, 11) is 2.18. The highest BCUT2D eigenvalue weighted by molar-refractivity contribution is 7.99. The lowest BCUT2D eigenvalue weighted by Crippen LogP contribution is -2.59. The van der Waals surface area contributed by atoms with Gasteiger partial charge in [0, 0.05) is 55.3 Å². The van der Waals surface area contributed by atoms with E-state index in [4.69, 9.17) is 24.4 Å². The zero-order chi connectivity index (χ0) is 28.9. The largest absolute Gasteiger partial charge is 0.482 e. The average Bonchev–Trinajstić information content (AvgIpc) is 3.05. The van der Waals surface area contributed by atoms with Crippen molar-refractivity contribution in [3.63, 3.8) is 0 Å². The van der Waals surface area contributed by atoms with Gasteiger partial charge in [-0.05, 0) is 73.7 Å². The molecule has 4 aliphatic rings. The van der Waals surface area contributed by atoms with Gasteiger partial charge in [0.2, 0.25) is 0 Å². The van der Waals surface area contributed by atoms with E-state index in [1.54, 1.807) is 11.2 Å². The maximum absolute atomic E-state index is 14.0. The smallest absolute Gasteiger partial charge is 0.420 e. The van der Waals surface area contributed by atoms with Gasteiger partial charge in [-0.15, -0.1) is 0 Å². The lowest BCUT2D eigenvalue weighted by molar-refractivity contribution is 0.0360. The molecule has 4 aliphatic heterocycles. The number of hydrogen-bond donors (Lipinski definition) is 0. The van der Waals surface area contributed by atoms with Crippen LogP contribution < -0.4 is 14.5 Å². The number of ether oxygens (including phenoxy) is 2. The number of fused-ring (bicyclic) bond motifs is 2. The van der Waals surface area contributed by atoms with Crippen LogP contribution in [0.25, 0.3) is 0 Å². The predicted molar refractivity (Wildman–Crippen MR) is 163 cm³/mol. The average molecular weight is 582 g/mol. The number of carbonyl (C=O) groups excluding carboxylic acids is 1. The second-order valence-electron chi connectivity index (χ2n) is 12.8. The molecule has 2 aromatic rings. The molecule has 41 heavy (non-hydrogen) atoms. The third-order valence-corrected chi connectivity index (χ3v) is 9.48. The van der Waals surface area contributed by atoms with E-state index in [1.165, 1.54) is 0 Å². The van der Waals surface area contributed by atoms with Crippen LogP contribution in [0, 0.1) is 6.92 Å². The van der Waals surface area contributed by atoms with Crippen LogP contribution in [-0.2, 0) is 4.74 Å². The van der Waals surface area contributed by atoms with Crippen LogP contribution in [0.1, 0.15) is 69.5 Å². The first kappa shape index (κ1) is 28.5. The van der Waals surface area contributed by atoms with E-state index >= 15 is 0 Å². The van der Waals surface area contributed by atoms with Crippen molar-refractivity contribution in [2.24, 2.45) is 0 Å². The molecule has 0 aliphatic carbocycles. The molecule has 10 nitrogen and oxygen atoms in total. The molecule has 1 atom stereocenters. The molecule has 0 N–H and O–H groups in total. The maximum Gasteiger partial charge on any atom is 0.420 e. The first-order valence-electron chi connectivity index (χ1n) is 14.9. The number of piperidine rings is 1. The summed E-state index contributed by atoms with van der Waals surface area (Å²) in [6, 6.07) is 2.72. The Bertz CT molecular complexity index is 1280. The Balaban J connectivity index is 1.39. The SMILES string of the molecule is Cc1nc(C2CCN(C3CN(C)C3)CC2)cc2c1OC(C)c1c(N3CCSCC3)ncnc1N2C(=O)OC(C)(C)C. The van der Waals surface area contributed by atoms with Gasteiger partial charge in [-0.1, -0.05) is 0 Å². The number of hydrogen-bond acceptors (Lipinski definition) is 10. The molecule has 3 saturated heterocycles. The van der Waals surface area contributed by atoms with Gasteiger partial charge in [0.15, 0.2) is 11.6 Å². The summed E-state index contributed by atoms with van der Waals surface area (Å²) in [6.45, 7) is 15.9. The molecular formula is C30H43N7O3S. The Hall–Kier alpha value is -2.63. The molecular weight excluding hydrogens is 538 g/mol. The summed E-state index contributed by atoms with van der Waals surface area (Å²) in [5, 5.41) is 0. The maximum atomic E-state index is 14.0. The monoisotopic (exact) mass is 581 g/mol. The Morgan fingerprint density at radius 1 is 1.07 bits per heavy atom. The minimum absolute atomic E-state index is 0.320. The van der Waals surface area contributed by atoms with E-state index in [0.717, 1.165) is 86.4 Å². The Morgan fingerprint density at radius 2 is 1.76 bits per heavy atom. The molecule has 6 rings (SSSR count). The minimum atomic E-state index is -0.677. The molecule has 0 aromatic carbocycles. The van der Waals surface area contributed by atoms with Crippen molar-refractivity contribution >= 4 is 35.2 Å². The topological polar surface area (TPSA) is 87.2 Å². The molecule has 2 aromatic heterocycles. The molecule has 222 valence electrons. The van der Waals surface area contributed by atoms with Gasteiger partial charge in [-0.3, -0.25) is 9.88 Å². The summed E-state index contributed by atoms with van der Waals surface area (Å²) in [5.41, 5.74) is 2.55. The van der Waals surface area contributed by atoms with Gasteiger partial charge < -0.3 is 19.3 Å². The van der Waals surface area contributed by atoms with Gasteiger partial charge >= 0.3 is 6.09 Å². The van der Waals surface area contributed by atoms with E-state index in [9.17, 15) is 4.79 Å². The first-order chi connectivity index (χ1) is 19.6. The second kappa shape index (κ2) is 11.2. The number of likely N-dealkylation sites (tertiary alicyclic amines) is 2. The Morgan fingerprint density at radius 3 is 2.41 bits per heavy atom. The van der Waals surface area contributed by atoms with Gasteiger partial charge in [0.05, 0.1) is 16.9 Å². The zero-order valence-electron chi connectivity index (χ0n) is 25.2. The second-order valence-corrected chi connectivity index (χ2v) is 14.0. The number of aryl methyl sites for hydroxylation is 1. The van der Waals surface area contributed by atoms with Crippen molar-refractivity contribution in [3.8, 4) is 5.75 Å². The van der Waals surface area contributed by atoms with Crippen LogP contribution in [0.5, 0.6) is 5.75 Å². The first-order valence-corrected chi connectivity index (χ1v) is 16.1. The van der Waals surface area contributed by atoms with Crippen LogP contribution in [0.15, 0.2) is 12.4 Å². The van der Waals surface area contributed by atoms with Crippen LogP contribution >= 0.6 is 11.8 Å². The van der Waals surface area contributed by atoms with Gasteiger partial charge in [0.25, 0.3) is 0 Å². The molecule has 6 heterocycles. The van der Waals surface area contributed by atoms with Gasteiger partial charge in [-0.2, -0.15) is 11.8 Å². The van der Waals surface area contributed by atoms with E-state index < -0.39 is 11.7 Å². The van der Waals surface area contributed by atoms with E-state index in [-0.39, 0.29) is 6.10 Å². The van der Waals surface area contributed by atoms with Crippen LogP contribution in [0.4, 0.5) is 22.1 Å². The highest BCUT2D eigenvalue weighted by Crippen LogP contribution is 2.48. The highest BCUT2D eigenvalue weighted by Gasteiger charge is 2.39. The number of anilines is 3. The normalized spacial score (nSPS) is 22.8. The van der Waals surface area contributed by atoms with Gasteiger partial charge in [0.1, 0.15) is 23.9 Å². The fourth-order valence-corrected chi connectivity index (χ4v) is 7.34. The number of pyridine rings is 1. The van der Waals surface area contributed by atoms with E-state index in [0.29, 0.717) is 29.2 Å². The molecule has 1 unspecified atom stereocenters. The molecule has 11 heteroatoms. The number of likely N-dealkylation sites (N-methyl/N-ethyl adjacent to an activating group) is 1. The number of nitrogens with zero attached hydrogens (tertiary/aromatic N) is 7. The lowest BCUT2D eigenvalue weighted by atomic mass is 9.90. The highest BCUT2D eigenvalue weighted by atomic mass is 32.2. The minimum Gasteiger partial charge on any atom is -0.482 e. The van der Waals surface area contributed by atoms with Crippen molar-refractivity contribution in [1.29, 1.82) is 0 Å². The van der Waals surface area contributed by atoms with Crippen LogP contribution in [0.2, 0.25) is 0 Å². The molecule has 1 amide bonds. The van der Waals surface area contributed by atoms with Gasteiger partial charge in [-0.25, -0.2) is 19.7 Å². The standard InChI is InChI=1S/C30H43N7O3S/c1-19-26-24(15-23(33-19)21-7-9-35(10-8-21)22-16-34(6)17-22)37(29(38)40-30(3,4)5)28-25(20(2)39-26)27(31-18-32-28)36-11-13-41-14-12-36/h15,18,20-22H,7-14,16-17H2,1-6H3. The number of rotatable bonds is 3. The van der Waals surface area contributed by atoms with E-state index in [2.05, 4.69) is 21.7 Å². The van der Waals surface area contributed by atoms with Crippen LogP contribution in [-0.4, -0.2) is 100 Å². The summed E-state index contributed by atoms with van der Waals surface area (Å²) in [6.07, 6.45) is 2.80. The predicted octanol–water partition coefficient (Wildman–Crippen LogP) is 4.75. The Kier molecular flexibility index (Phi) is 7.80. The summed E-state index contributed by atoms with van der Waals surface area (Å²) < 4.78 is 12.6. The zero-order valence-corrected chi connectivity index (χ0v) is 26.0. The fourth-order valence-electron chi connectivity index (χ4n) is 6.43. The van der Waals surface area contributed by atoms with Crippen molar-refractivity contribution in [1.82, 2.24) is 24.8 Å². The third-order valence-electron chi connectivity index (χ3n) is 8.53. The third kappa shape index (κ3) is 5.72. The number of aromatic nitrogens is 3. The number of amides is 1. The molecule has 0 bridgehead atoms.